The summed E-state index contributed by atoms with van der Waals surface area (Å²) in [7, 11) is 0. The Balaban J connectivity index is 0.00000154. The number of thiophene rings is 1. The fourth-order valence-corrected chi connectivity index (χ4v) is 2.12. The SMILES string of the molecule is C=CC(C)=NC(C)=NC(/C=C\C)c1cccs1.CC. The second-order valence-corrected chi connectivity index (χ2v) is 4.60. The molecule has 104 valence electrons. The lowest BCUT2D eigenvalue weighted by Gasteiger charge is -2.05. The first-order valence-corrected chi connectivity index (χ1v) is 7.43. The number of amidine groups is 1. The molecule has 0 aliphatic heterocycles. The minimum absolute atomic E-state index is 0.0707. The first kappa shape index (κ1) is 17.5. The number of hydrogen-bond donors (Lipinski definition) is 0. The van der Waals surface area contributed by atoms with Crippen molar-refractivity contribution in [1.29, 1.82) is 0 Å². The Hall–Kier alpha value is -1.48. The largest absolute Gasteiger partial charge is 0.258 e. The van der Waals surface area contributed by atoms with Gasteiger partial charge in [0.2, 0.25) is 0 Å². The van der Waals surface area contributed by atoms with Crippen molar-refractivity contribution in [3.05, 3.63) is 47.2 Å². The summed E-state index contributed by atoms with van der Waals surface area (Å²) >= 11 is 1.71. The lowest BCUT2D eigenvalue weighted by molar-refractivity contribution is 0.929. The van der Waals surface area contributed by atoms with E-state index >= 15 is 0 Å². The second kappa shape index (κ2) is 10.4. The van der Waals surface area contributed by atoms with Crippen LogP contribution in [0.2, 0.25) is 0 Å². The Morgan fingerprint density at radius 2 is 2.05 bits per heavy atom. The average molecular weight is 276 g/mol. The van der Waals surface area contributed by atoms with Crippen molar-refractivity contribution in [1.82, 2.24) is 0 Å². The van der Waals surface area contributed by atoms with Crippen molar-refractivity contribution in [2.24, 2.45) is 9.98 Å². The highest BCUT2D eigenvalue weighted by Gasteiger charge is 2.06. The van der Waals surface area contributed by atoms with E-state index in [0.717, 1.165) is 11.5 Å². The van der Waals surface area contributed by atoms with Crippen LogP contribution in [0.5, 0.6) is 0 Å². The Morgan fingerprint density at radius 1 is 1.37 bits per heavy atom. The van der Waals surface area contributed by atoms with Crippen LogP contribution in [-0.2, 0) is 0 Å². The van der Waals surface area contributed by atoms with Crippen LogP contribution in [-0.4, -0.2) is 11.5 Å². The number of hydrogen-bond acceptors (Lipinski definition) is 2. The summed E-state index contributed by atoms with van der Waals surface area (Å²) in [5.41, 5.74) is 0.886. The highest BCUT2D eigenvalue weighted by molar-refractivity contribution is 7.10. The normalized spacial score (nSPS) is 13.9. The van der Waals surface area contributed by atoms with E-state index in [9.17, 15) is 0 Å². The lowest BCUT2D eigenvalue weighted by atomic mass is 10.2. The number of aliphatic imine (C=N–C) groups is 2. The average Bonchev–Trinajstić information content (AvgIpc) is 2.94. The molecule has 0 saturated carbocycles. The molecule has 1 aromatic heterocycles. The molecule has 0 aromatic carbocycles. The van der Waals surface area contributed by atoms with Gasteiger partial charge in [0.1, 0.15) is 11.9 Å². The molecule has 0 aliphatic rings. The van der Waals surface area contributed by atoms with Gasteiger partial charge < -0.3 is 0 Å². The van der Waals surface area contributed by atoms with Gasteiger partial charge >= 0.3 is 0 Å². The zero-order valence-corrected chi connectivity index (χ0v) is 13.4. The highest BCUT2D eigenvalue weighted by Crippen LogP contribution is 2.24. The Morgan fingerprint density at radius 3 is 2.53 bits per heavy atom. The fraction of sp³-hybridized carbons (Fsp3) is 0.375. The van der Waals surface area contributed by atoms with Crippen molar-refractivity contribution in [2.45, 2.75) is 40.7 Å². The molecule has 0 saturated heterocycles. The summed E-state index contributed by atoms with van der Waals surface area (Å²) in [6.07, 6.45) is 5.83. The molecular weight excluding hydrogens is 252 g/mol. The van der Waals surface area contributed by atoms with Crippen molar-refractivity contribution >= 4 is 22.9 Å². The van der Waals surface area contributed by atoms with Crippen LogP contribution in [0.15, 0.2) is 52.3 Å². The molecule has 0 spiro atoms. The quantitative estimate of drug-likeness (QED) is 0.396. The highest BCUT2D eigenvalue weighted by atomic mass is 32.1. The molecule has 0 aliphatic carbocycles. The van der Waals surface area contributed by atoms with Gasteiger partial charge in [-0.05, 0) is 38.3 Å². The van der Waals surface area contributed by atoms with Gasteiger partial charge in [-0.25, -0.2) is 4.99 Å². The Labute approximate surface area is 121 Å². The standard InChI is InChI=1S/C14H18N2S.C2H6/c1-5-8-13(14-9-7-10-17-14)16-12(4)15-11(3)6-2;1-2/h5-10,13H,2H2,1,3-4H3;1-2H3/b8-5-,15-11?,16-12?;. The summed E-state index contributed by atoms with van der Waals surface area (Å²) in [5.74, 6) is 0.777. The maximum absolute atomic E-state index is 4.60. The van der Waals surface area contributed by atoms with Gasteiger partial charge in [-0.2, -0.15) is 0 Å². The van der Waals surface area contributed by atoms with Crippen LogP contribution in [0.1, 0.15) is 45.5 Å². The van der Waals surface area contributed by atoms with E-state index in [0.29, 0.717) is 0 Å². The Kier molecular flexibility index (Phi) is 9.63. The van der Waals surface area contributed by atoms with Gasteiger partial charge in [0, 0.05) is 10.6 Å². The summed E-state index contributed by atoms with van der Waals surface area (Å²) in [6.45, 7) is 13.5. The van der Waals surface area contributed by atoms with Gasteiger partial charge in [0.25, 0.3) is 0 Å². The third-order valence-electron chi connectivity index (χ3n) is 2.17. The van der Waals surface area contributed by atoms with Gasteiger partial charge in [-0.15, -0.1) is 11.3 Å². The summed E-state index contributed by atoms with van der Waals surface area (Å²) < 4.78 is 0. The molecule has 1 rings (SSSR count). The van der Waals surface area contributed by atoms with Crippen LogP contribution in [0.3, 0.4) is 0 Å². The van der Waals surface area contributed by atoms with E-state index < -0.39 is 0 Å². The molecule has 0 bridgehead atoms. The predicted molar refractivity (Wildman–Crippen MR) is 89.6 cm³/mol. The minimum atomic E-state index is 0.0707. The van der Waals surface area contributed by atoms with Crippen molar-refractivity contribution in [2.75, 3.05) is 0 Å². The maximum Gasteiger partial charge on any atom is 0.121 e. The van der Waals surface area contributed by atoms with Crippen LogP contribution < -0.4 is 0 Å². The molecule has 0 N–H and O–H groups in total. The molecule has 1 atom stereocenters. The topological polar surface area (TPSA) is 24.7 Å². The summed E-state index contributed by atoms with van der Waals surface area (Å²) in [5, 5.41) is 2.06. The van der Waals surface area contributed by atoms with Gasteiger partial charge in [0.15, 0.2) is 0 Å². The summed E-state index contributed by atoms with van der Waals surface area (Å²) in [6, 6.07) is 4.21. The molecule has 3 heteroatoms. The van der Waals surface area contributed by atoms with Crippen molar-refractivity contribution < 1.29 is 0 Å². The van der Waals surface area contributed by atoms with Crippen LogP contribution in [0.4, 0.5) is 0 Å². The van der Waals surface area contributed by atoms with E-state index in [2.05, 4.69) is 34.1 Å². The number of rotatable bonds is 4. The number of nitrogens with zero attached hydrogens (tertiary/aromatic N) is 2. The molecule has 1 unspecified atom stereocenters. The molecule has 0 amide bonds. The number of allylic oxidation sites excluding steroid dienone is 2. The van der Waals surface area contributed by atoms with Gasteiger partial charge in [-0.1, -0.05) is 38.6 Å². The monoisotopic (exact) mass is 276 g/mol. The maximum atomic E-state index is 4.60. The first-order valence-electron chi connectivity index (χ1n) is 6.55. The molecule has 19 heavy (non-hydrogen) atoms. The lowest BCUT2D eigenvalue weighted by Crippen LogP contribution is -1.97. The molecule has 0 fully saturated rings. The second-order valence-electron chi connectivity index (χ2n) is 3.62. The molecule has 1 heterocycles. The van der Waals surface area contributed by atoms with Crippen molar-refractivity contribution in [3.63, 3.8) is 0 Å². The first-order chi connectivity index (χ1) is 9.17. The molecule has 0 radical (unpaired) electrons. The molecular formula is C16H24N2S. The summed E-state index contributed by atoms with van der Waals surface area (Å²) in [4.78, 5) is 10.2. The predicted octanol–water partition coefficient (Wildman–Crippen LogP) is 5.46. The van der Waals surface area contributed by atoms with E-state index in [1.807, 2.05) is 46.8 Å². The van der Waals surface area contributed by atoms with Crippen LogP contribution in [0.25, 0.3) is 0 Å². The zero-order chi connectivity index (χ0) is 14.7. The molecule has 1 aromatic rings. The van der Waals surface area contributed by atoms with Crippen LogP contribution >= 0.6 is 11.3 Å². The van der Waals surface area contributed by atoms with Crippen LogP contribution in [0, 0.1) is 0 Å². The fourth-order valence-electron chi connectivity index (χ4n) is 1.37. The van der Waals surface area contributed by atoms with E-state index in [-0.39, 0.29) is 6.04 Å². The minimum Gasteiger partial charge on any atom is -0.258 e. The Bertz CT molecular complexity index is 439. The zero-order valence-electron chi connectivity index (χ0n) is 12.6. The van der Waals surface area contributed by atoms with Gasteiger partial charge in [0.05, 0.1) is 0 Å². The third kappa shape index (κ3) is 6.87. The third-order valence-corrected chi connectivity index (χ3v) is 3.11. The van der Waals surface area contributed by atoms with E-state index in [1.54, 1.807) is 17.4 Å². The van der Waals surface area contributed by atoms with Gasteiger partial charge in [-0.3, -0.25) is 4.99 Å². The molecule has 2 nitrogen and oxygen atoms in total. The van der Waals surface area contributed by atoms with Crippen molar-refractivity contribution in [3.8, 4) is 0 Å². The van der Waals surface area contributed by atoms with E-state index in [4.69, 9.17) is 0 Å². The van der Waals surface area contributed by atoms with E-state index in [1.165, 1.54) is 4.88 Å². The smallest absolute Gasteiger partial charge is 0.121 e.